The van der Waals surface area contributed by atoms with Crippen molar-refractivity contribution in [3.63, 3.8) is 0 Å². The number of carbonyl (C=O) groups excluding carboxylic acids is 1. The van der Waals surface area contributed by atoms with Crippen molar-refractivity contribution in [1.82, 2.24) is 24.6 Å². The van der Waals surface area contributed by atoms with Crippen molar-refractivity contribution in [2.45, 2.75) is 45.2 Å². The van der Waals surface area contributed by atoms with Gasteiger partial charge in [-0.05, 0) is 30.5 Å². The molecule has 7 nitrogen and oxygen atoms in total. The Morgan fingerprint density at radius 1 is 1.24 bits per heavy atom. The molecule has 3 aromatic rings. The van der Waals surface area contributed by atoms with E-state index >= 15 is 0 Å². The fourth-order valence-corrected chi connectivity index (χ4v) is 3.90. The van der Waals surface area contributed by atoms with Crippen molar-refractivity contribution in [3.8, 4) is 0 Å². The summed E-state index contributed by atoms with van der Waals surface area (Å²) in [6.07, 6.45) is 8.32. The van der Waals surface area contributed by atoms with Crippen LogP contribution in [0.2, 0.25) is 0 Å². The van der Waals surface area contributed by atoms with Crippen LogP contribution < -0.4 is 10.9 Å². The average Bonchev–Trinajstić information content (AvgIpc) is 3.14. The van der Waals surface area contributed by atoms with Gasteiger partial charge < -0.3 is 5.32 Å². The number of aromatic nitrogens is 4. The van der Waals surface area contributed by atoms with Gasteiger partial charge in [-0.25, -0.2) is 14.1 Å². The molecule has 1 aromatic carbocycles. The molecular formula is C21H24FN5O2. The zero-order valence-corrected chi connectivity index (χ0v) is 16.2. The van der Waals surface area contributed by atoms with E-state index in [1.165, 1.54) is 35.6 Å². The van der Waals surface area contributed by atoms with Crippen molar-refractivity contribution >= 4 is 16.9 Å². The third-order valence-corrected chi connectivity index (χ3v) is 5.46. The van der Waals surface area contributed by atoms with Crippen molar-refractivity contribution in [2.24, 2.45) is 5.92 Å². The number of carbonyl (C=O) groups is 1. The zero-order chi connectivity index (χ0) is 20.2. The summed E-state index contributed by atoms with van der Waals surface area (Å²) in [5.41, 5.74) is 0.945. The van der Waals surface area contributed by atoms with E-state index < -0.39 is 0 Å². The molecule has 8 heteroatoms. The highest BCUT2D eigenvalue weighted by molar-refractivity contribution is 5.78. The monoisotopic (exact) mass is 397 g/mol. The number of halogens is 1. The minimum absolute atomic E-state index is 0.103. The highest BCUT2D eigenvalue weighted by Gasteiger charge is 2.20. The lowest BCUT2D eigenvalue weighted by Crippen LogP contribution is -2.34. The van der Waals surface area contributed by atoms with E-state index in [0.29, 0.717) is 29.7 Å². The Morgan fingerprint density at radius 3 is 2.86 bits per heavy atom. The van der Waals surface area contributed by atoms with Crippen LogP contribution in [0.4, 0.5) is 4.39 Å². The van der Waals surface area contributed by atoms with Crippen LogP contribution in [0.15, 0.2) is 41.6 Å². The SMILES string of the molecule is O=C(NCCn1ncc2c(=O)n(Cc3cccc(F)c3)cnc21)C1CCCCC1. The fourth-order valence-electron chi connectivity index (χ4n) is 3.90. The van der Waals surface area contributed by atoms with Gasteiger partial charge in [0.05, 0.1) is 19.3 Å². The Bertz CT molecular complexity index is 1070. The van der Waals surface area contributed by atoms with Gasteiger partial charge in [0.1, 0.15) is 17.5 Å². The molecule has 0 aliphatic heterocycles. The molecule has 0 saturated heterocycles. The molecule has 4 rings (SSSR count). The van der Waals surface area contributed by atoms with E-state index in [9.17, 15) is 14.0 Å². The molecule has 29 heavy (non-hydrogen) atoms. The first kappa shape index (κ1) is 19.3. The Kier molecular flexibility index (Phi) is 5.69. The molecule has 0 atom stereocenters. The standard InChI is InChI=1S/C21H24FN5O2/c22-17-8-4-5-15(11-17)13-26-14-24-19-18(21(26)29)12-25-27(19)10-9-23-20(28)16-6-2-1-3-7-16/h4-5,8,11-12,14,16H,1-3,6-7,9-10,13H2,(H,23,28). The van der Waals surface area contributed by atoms with Crippen molar-refractivity contribution < 1.29 is 9.18 Å². The quantitative estimate of drug-likeness (QED) is 0.693. The molecule has 1 fully saturated rings. The number of hydrogen-bond acceptors (Lipinski definition) is 4. The van der Waals surface area contributed by atoms with E-state index in [1.807, 2.05) is 0 Å². The van der Waals surface area contributed by atoms with Gasteiger partial charge in [-0.2, -0.15) is 5.10 Å². The van der Waals surface area contributed by atoms with Crippen LogP contribution in [-0.2, 0) is 17.9 Å². The predicted molar refractivity (Wildman–Crippen MR) is 107 cm³/mol. The Morgan fingerprint density at radius 2 is 2.07 bits per heavy atom. The number of hydrogen-bond donors (Lipinski definition) is 1. The Hall–Kier alpha value is -3.03. The molecule has 0 unspecified atom stereocenters. The summed E-state index contributed by atoms with van der Waals surface area (Å²) < 4.78 is 16.4. The first-order chi connectivity index (χ1) is 14.1. The lowest BCUT2D eigenvalue weighted by molar-refractivity contribution is -0.125. The van der Waals surface area contributed by atoms with Crippen LogP contribution >= 0.6 is 0 Å². The van der Waals surface area contributed by atoms with Crippen LogP contribution in [0.5, 0.6) is 0 Å². The first-order valence-electron chi connectivity index (χ1n) is 10.0. The molecule has 1 N–H and O–H groups in total. The molecule has 1 saturated carbocycles. The average molecular weight is 397 g/mol. The van der Waals surface area contributed by atoms with Gasteiger partial charge in [0.15, 0.2) is 5.65 Å². The second-order valence-corrected chi connectivity index (χ2v) is 7.54. The minimum atomic E-state index is -0.340. The van der Waals surface area contributed by atoms with E-state index in [-0.39, 0.29) is 29.7 Å². The fraction of sp³-hybridized carbons (Fsp3) is 0.429. The maximum atomic E-state index is 13.4. The molecule has 152 valence electrons. The van der Waals surface area contributed by atoms with Crippen LogP contribution in [0.25, 0.3) is 11.0 Å². The third-order valence-electron chi connectivity index (χ3n) is 5.46. The Balaban J connectivity index is 1.43. The summed E-state index contributed by atoms with van der Waals surface area (Å²) in [5, 5.41) is 7.64. The zero-order valence-electron chi connectivity index (χ0n) is 16.2. The van der Waals surface area contributed by atoms with Crippen molar-refractivity contribution in [1.29, 1.82) is 0 Å². The van der Waals surface area contributed by atoms with Gasteiger partial charge in [0, 0.05) is 12.5 Å². The summed E-state index contributed by atoms with van der Waals surface area (Å²) in [5.74, 6) is -0.120. The smallest absolute Gasteiger partial charge is 0.264 e. The predicted octanol–water partition coefficient (Wildman–Crippen LogP) is 2.48. The highest BCUT2D eigenvalue weighted by Crippen LogP contribution is 2.23. The number of rotatable bonds is 6. The van der Waals surface area contributed by atoms with E-state index in [4.69, 9.17) is 0 Å². The van der Waals surface area contributed by atoms with Crippen LogP contribution in [0, 0.1) is 11.7 Å². The molecular weight excluding hydrogens is 373 g/mol. The molecule has 1 amide bonds. The third kappa shape index (κ3) is 4.36. The second kappa shape index (κ2) is 8.55. The normalized spacial score (nSPS) is 14.9. The van der Waals surface area contributed by atoms with E-state index in [0.717, 1.165) is 25.7 Å². The summed E-state index contributed by atoms with van der Waals surface area (Å²) in [4.78, 5) is 29.3. The van der Waals surface area contributed by atoms with E-state index in [1.54, 1.807) is 16.8 Å². The van der Waals surface area contributed by atoms with Gasteiger partial charge in [0.25, 0.3) is 5.56 Å². The van der Waals surface area contributed by atoms with Crippen LogP contribution in [-0.4, -0.2) is 31.8 Å². The minimum Gasteiger partial charge on any atom is -0.354 e. The molecule has 1 aliphatic carbocycles. The molecule has 1 aliphatic rings. The number of nitrogens with zero attached hydrogens (tertiary/aromatic N) is 4. The summed E-state index contributed by atoms with van der Waals surface area (Å²) in [7, 11) is 0. The topological polar surface area (TPSA) is 81.8 Å². The number of nitrogens with one attached hydrogen (secondary N) is 1. The summed E-state index contributed by atoms with van der Waals surface area (Å²) >= 11 is 0. The lowest BCUT2D eigenvalue weighted by atomic mass is 9.89. The molecule has 2 aromatic heterocycles. The maximum absolute atomic E-state index is 13.4. The second-order valence-electron chi connectivity index (χ2n) is 7.54. The number of benzene rings is 1. The lowest BCUT2D eigenvalue weighted by Gasteiger charge is -2.20. The van der Waals surface area contributed by atoms with Crippen molar-refractivity contribution in [3.05, 3.63) is 58.5 Å². The van der Waals surface area contributed by atoms with Gasteiger partial charge in [-0.3, -0.25) is 14.2 Å². The summed E-state index contributed by atoms with van der Waals surface area (Å²) in [6, 6.07) is 6.14. The molecule has 0 bridgehead atoms. The van der Waals surface area contributed by atoms with Gasteiger partial charge in [-0.1, -0.05) is 31.4 Å². The molecule has 0 radical (unpaired) electrons. The largest absolute Gasteiger partial charge is 0.354 e. The number of fused-ring (bicyclic) bond motifs is 1. The maximum Gasteiger partial charge on any atom is 0.264 e. The van der Waals surface area contributed by atoms with Crippen LogP contribution in [0.1, 0.15) is 37.7 Å². The van der Waals surface area contributed by atoms with Gasteiger partial charge >= 0.3 is 0 Å². The summed E-state index contributed by atoms with van der Waals surface area (Å²) in [6.45, 7) is 1.13. The molecule has 2 heterocycles. The first-order valence-corrected chi connectivity index (χ1v) is 10.0. The van der Waals surface area contributed by atoms with Gasteiger partial charge in [-0.15, -0.1) is 0 Å². The Labute approximate surface area is 167 Å². The van der Waals surface area contributed by atoms with Crippen molar-refractivity contribution in [2.75, 3.05) is 6.54 Å². The highest BCUT2D eigenvalue weighted by atomic mass is 19.1. The van der Waals surface area contributed by atoms with Gasteiger partial charge in [0.2, 0.25) is 5.91 Å². The van der Waals surface area contributed by atoms with E-state index in [2.05, 4.69) is 15.4 Å². The molecule has 0 spiro atoms. The van der Waals surface area contributed by atoms with Crippen LogP contribution in [0.3, 0.4) is 0 Å². The number of amides is 1.